The average molecular weight is 144 g/mol. The van der Waals surface area contributed by atoms with Crippen LogP contribution in [0.25, 0.3) is 0 Å². The summed E-state index contributed by atoms with van der Waals surface area (Å²) < 4.78 is 0. The summed E-state index contributed by atoms with van der Waals surface area (Å²) in [6, 6.07) is -0.0278. The summed E-state index contributed by atoms with van der Waals surface area (Å²) >= 11 is 0. The summed E-state index contributed by atoms with van der Waals surface area (Å²) in [6.45, 7) is 7.96. The molecule has 0 aliphatic carbocycles. The minimum absolute atomic E-state index is 0.0278. The third-order valence-electron chi connectivity index (χ3n) is 1.43. The van der Waals surface area contributed by atoms with Crippen molar-refractivity contribution in [3.05, 3.63) is 0 Å². The highest BCUT2D eigenvalue weighted by molar-refractivity contribution is 5.79. The van der Waals surface area contributed by atoms with Crippen molar-refractivity contribution < 1.29 is 10.5 Å². The second kappa shape index (κ2) is 3.15. The molecule has 10 heavy (non-hydrogen) atoms. The van der Waals surface area contributed by atoms with Crippen molar-refractivity contribution in [1.29, 1.82) is 0 Å². The van der Waals surface area contributed by atoms with Crippen molar-refractivity contribution in [1.82, 2.24) is 0 Å². The Morgan fingerprint density at radius 2 is 1.90 bits per heavy atom. The van der Waals surface area contributed by atoms with Gasteiger partial charge in [-0.05, 0) is 5.41 Å². The van der Waals surface area contributed by atoms with Gasteiger partial charge in [0.05, 0.1) is 0 Å². The Bertz CT molecular complexity index is 124. The van der Waals surface area contributed by atoms with E-state index < -0.39 is 0 Å². The standard InChI is InChI=1S/C8H17NO/c1-6(10)7(9)5-8(2,3)4/h7H,5,9H2,1-4H3/p+1. The molecule has 2 heteroatoms. The van der Waals surface area contributed by atoms with Crippen LogP contribution in [0.15, 0.2) is 0 Å². The Kier molecular flexibility index (Phi) is 3.03. The number of Topliss-reactive ketones (excluding diaryl/α,β-unsaturated/α-hetero) is 1. The molecule has 0 radical (unpaired) electrons. The molecule has 0 spiro atoms. The number of hydrogen-bond donors (Lipinski definition) is 1. The first-order valence-electron chi connectivity index (χ1n) is 3.66. The number of rotatable bonds is 2. The molecule has 2 nitrogen and oxygen atoms in total. The molecule has 0 aromatic carbocycles. The fourth-order valence-corrected chi connectivity index (χ4v) is 0.883. The number of quaternary nitrogens is 1. The third kappa shape index (κ3) is 4.50. The van der Waals surface area contributed by atoms with Crippen LogP contribution in [0, 0.1) is 5.41 Å². The summed E-state index contributed by atoms with van der Waals surface area (Å²) in [6.07, 6.45) is 0.877. The summed E-state index contributed by atoms with van der Waals surface area (Å²) in [5, 5.41) is 0. The molecular formula is C8H18NO+. The zero-order chi connectivity index (χ0) is 8.36. The van der Waals surface area contributed by atoms with Gasteiger partial charge in [0.25, 0.3) is 0 Å². The SMILES string of the molecule is CC(=O)C([NH3+])CC(C)(C)C. The van der Waals surface area contributed by atoms with Gasteiger partial charge in [-0.15, -0.1) is 0 Å². The van der Waals surface area contributed by atoms with Crippen LogP contribution >= 0.6 is 0 Å². The van der Waals surface area contributed by atoms with E-state index >= 15 is 0 Å². The van der Waals surface area contributed by atoms with Crippen molar-refractivity contribution in [2.75, 3.05) is 0 Å². The molecule has 0 amide bonds. The second-order valence-corrected chi connectivity index (χ2v) is 4.07. The van der Waals surface area contributed by atoms with Crippen LogP contribution in [0.5, 0.6) is 0 Å². The molecule has 0 aromatic rings. The lowest BCUT2D eigenvalue weighted by molar-refractivity contribution is -0.407. The Hall–Kier alpha value is -0.370. The van der Waals surface area contributed by atoms with E-state index in [1.807, 2.05) is 0 Å². The van der Waals surface area contributed by atoms with E-state index in [0.29, 0.717) is 0 Å². The molecule has 0 bridgehead atoms. The molecule has 0 fully saturated rings. The summed E-state index contributed by atoms with van der Waals surface area (Å²) in [7, 11) is 0. The van der Waals surface area contributed by atoms with Crippen LogP contribution in [0.1, 0.15) is 34.1 Å². The predicted molar refractivity (Wildman–Crippen MR) is 41.4 cm³/mol. The molecule has 0 aromatic heterocycles. The summed E-state index contributed by atoms with van der Waals surface area (Å²) in [5.41, 5.74) is 3.99. The first kappa shape index (κ1) is 9.63. The molecule has 0 saturated carbocycles. The fraction of sp³-hybridized carbons (Fsp3) is 0.875. The van der Waals surface area contributed by atoms with E-state index in [1.54, 1.807) is 6.92 Å². The monoisotopic (exact) mass is 144 g/mol. The van der Waals surface area contributed by atoms with Crippen molar-refractivity contribution in [3.8, 4) is 0 Å². The van der Waals surface area contributed by atoms with Crippen LogP contribution in [-0.4, -0.2) is 11.8 Å². The lowest BCUT2D eigenvalue weighted by atomic mass is 9.87. The first-order chi connectivity index (χ1) is 4.33. The second-order valence-electron chi connectivity index (χ2n) is 4.07. The highest BCUT2D eigenvalue weighted by Crippen LogP contribution is 2.19. The van der Waals surface area contributed by atoms with Gasteiger partial charge in [-0.25, -0.2) is 0 Å². The van der Waals surface area contributed by atoms with Crippen LogP contribution in [0.2, 0.25) is 0 Å². The number of carbonyl (C=O) groups excluding carboxylic acids is 1. The molecule has 3 N–H and O–H groups in total. The van der Waals surface area contributed by atoms with Crippen molar-refractivity contribution in [3.63, 3.8) is 0 Å². The molecule has 0 rings (SSSR count). The molecule has 0 saturated heterocycles. The van der Waals surface area contributed by atoms with Gasteiger partial charge in [0.15, 0.2) is 5.78 Å². The molecule has 0 aliphatic rings. The van der Waals surface area contributed by atoms with E-state index in [-0.39, 0.29) is 17.2 Å². The molecular weight excluding hydrogens is 126 g/mol. The van der Waals surface area contributed by atoms with Gasteiger partial charge < -0.3 is 5.73 Å². The van der Waals surface area contributed by atoms with Gasteiger partial charge in [0.1, 0.15) is 6.04 Å². The van der Waals surface area contributed by atoms with Crippen molar-refractivity contribution in [2.45, 2.75) is 40.2 Å². The minimum Gasteiger partial charge on any atom is -0.349 e. The van der Waals surface area contributed by atoms with E-state index in [4.69, 9.17) is 0 Å². The molecule has 0 aliphatic heterocycles. The summed E-state index contributed by atoms with van der Waals surface area (Å²) in [4.78, 5) is 10.8. The highest BCUT2D eigenvalue weighted by Gasteiger charge is 2.20. The zero-order valence-electron chi connectivity index (χ0n) is 7.40. The average Bonchev–Trinajstić information content (AvgIpc) is 1.60. The van der Waals surface area contributed by atoms with Crippen LogP contribution < -0.4 is 5.73 Å². The lowest BCUT2D eigenvalue weighted by Crippen LogP contribution is -2.65. The Balaban J connectivity index is 3.80. The molecule has 1 atom stereocenters. The lowest BCUT2D eigenvalue weighted by Gasteiger charge is -2.18. The van der Waals surface area contributed by atoms with Crippen LogP contribution in [0.4, 0.5) is 0 Å². The van der Waals surface area contributed by atoms with Crippen LogP contribution in [0.3, 0.4) is 0 Å². The maximum atomic E-state index is 10.8. The number of ketones is 1. The van der Waals surface area contributed by atoms with E-state index in [2.05, 4.69) is 26.5 Å². The topological polar surface area (TPSA) is 44.7 Å². The predicted octanol–water partition coefficient (Wildman–Crippen LogP) is 0.622. The van der Waals surface area contributed by atoms with Crippen LogP contribution in [-0.2, 0) is 4.79 Å². The van der Waals surface area contributed by atoms with Gasteiger partial charge >= 0.3 is 0 Å². The highest BCUT2D eigenvalue weighted by atomic mass is 16.1. The van der Waals surface area contributed by atoms with Gasteiger partial charge in [0, 0.05) is 13.3 Å². The van der Waals surface area contributed by atoms with Gasteiger partial charge in [-0.1, -0.05) is 20.8 Å². The molecule has 1 unspecified atom stereocenters. The Morgan fingerprint density at radius 3 is 2.00 bits per heavy atom. The van der Waals surface area contributed by atoms with Gasteiger partial charge in [0.2, 0.25) is 0 Å². The van der Waals surface area contributed by atoms with E-state index in [9.17, 15) is 4.79 Å². The summed E-state index contributed by atoms with van der Waals surface area (Å²) in [5.74, 6) is 0.190. The van der Waals surface area contributed by atoms with Crippen molar-refractivity contribution >= 4 is 5.78 Å². The third-order valence-corrected chi connectivity index (χ3v) is 1.43. The fourth-order valence-electron chi connectivity index (χ4n) is 0.883. The quantitative estimate of drug-likeness (QED) is 0.606. The molecule has 60 valence electrons. The largest absolute Gasteiger partial charge is 0.349 e. The Morgan fingerprint density at radius 1 is 1.50 bits per heavy atom. The molecule has 0 heterocycles. The van der Waals surface area contributed by atoms with E-state index in [1.165, 1.54) is 0 Å². The first-order valence-corrected chi connectivity index (χ1v) is 3.66. The Labute approximate surface area is 62.8 Å². The minimum atomic E-state index is -0.0278. The van der Waals surface area contributed by atoms with Gasteiger partial charge in [-0.2, -0.15) is 0 Å². The number of carbonyl (C=O) groups is 1. The van der Waals surface area contributed by atoms with Gasteiger partial charge in [-0.3, -0.25) is 4.79 Å². The normalized spacial score (nSPS) is 14.9. The zero-order valence-corrected chi connectivity index (χ0v) is 7.40. The number of hydrogen-bond acceptors (Lipinski definition) is 1. The van der Waals surface area contributed by atoms with Crippen molar-refractivity contribution in [2.24, 2.45) is 5.41 Å². The maximum Gasteiger partial charge on any atom is 0.186 e. The maximum absolute atomic E-state index is 10.8. The smallest absolute Gasteiger partial charge is 0.186 e. The van der Waals surface area contributed by atoms with E-state index in [0.717, 1.165) is 6.42 Å².